The second-order valence-corrected chi connectivity index (χ2v) is 4.14. The van der Waals surface area contributed by atoms with E-state index < -0.39 is 11.4 Å². The summed E-state index contributed by atoms with van der Waals surface area (Å²) in [6, 6.07) is 10.9. The summed E-state index contributed by atoms with van der Waals surface area (Å²) in [7, 11) is 0. The molecule has 0 saturated carbocycles. The Morgan fingerprint density at radius 1 is 0.842 bits per heavy atom. The third-order valence-corrected chi connectivity index (χ3v) is 2.85. The highest BCUT2D eigenvalue weighted by Crippen LogP contribution is 2.22. The fourth-order valence-corrected chi connectivity index (χ4v) is 1.92. The molecule has 0 radical (unpaired) electrons. The maximum atomic E-state index is 13.2. The first-order valence-corrected chi connectivity index (χ1v) is 5.63. The second-order valence-electron chi connectivity index (χ2n) is 4.14. The van der Waals surface area contributed by atoms with E-state index in [1.54, 1.807) is 6.07 Å². The monoisotopic (exact) mass is 258 g/mol. The van der Waals surface area contributed by atoms with Crippen LogP contribution >= 0.6 is 0 Å². The van der Waals surface area contributed by atoms with Gasteiger partial charge in [0.05, 0.1) is 5.39 Å². The molecular weight excluding hydrogens is 250 g/mol. The van der Waals surface area contributed by atoms with Crippen LogP contribution in [0.1, 0.15) is 0 Å². The number of hydrogen-bond acceptors (Lipinski definition) is 2. The van der Waals surface area contributed by atoms with Gasteiger partial charge in [-0.3, -0.25) is 0 Å². The van der Waals surface area contributed by atoms with Gasteiger partial charge in [-0.2, -0.15) is 0 Å². The van der Waals surface area contributed by atoms with Gasteiger partial charge in [0.25, 0.3) is 0 Å². The van der Waals surface area contributed by atoms with Gasteiger partial charge < -0.3 is 4.42 Å². The highest BCUT2D eigenvalue weighted by atomic mass is 19.1. The van der Waals surface area contributed by atoms with Crippen LogP contribution < -0.4 is 5.63 Å². The summed E-state index contributed by atoms with van der Waals surface area (Å²) in [5.41, 5.74) is 0.0153. The normalized spacial score (nSPS) is 10.8. The van der Waals surface area contributed by atoms with Crippen molar-refractivity contribution in [2.24, 2.45) is 0 Å². The smallest absolute Gasteiger partial charge is 0.344 e. The van der Waals surface area contributed by atoms with Crippen molar-refractivity contribution in [3.05, 3.63) is 70.6 Å². The summed E-state index contributed by atoms with van der Waals surface area (Å²) in [6.07, 6.45) is 0. The Morgan fingerprint density at radius 2 is 1.53 bits per heavy atom. The molecule has 0 aliphatic heterocycles. The van der Waals surface area contributed by atoms with E-state index in [-0.39, 0.29) is 11.6 Å². The first kappa shape index (κ1) is 11.6. The number of hydrogen-bond donors (Lipinski definition) is 0. The van der Waals surface area contributed by atoms with Crippen LogP contribution in [0.3, 0.4) is 0 Å². The van der Waals surface area contributed by atoms with E-state index in [1.165, 1.54) is 42.5 Å². The van der Waals surface area contributed by atoms with E-state index in [0.717, 1.165) is 0 Å². The van der Waals surface area contributed by atoms with Gasteiger partial charge in [0.1, 0.15) is 17.4 Å². The fourth-order valence-electron chi connectivity index (χ4n) is 1.92. The molecule has 0 fully saturated rings. The van der Waals surface area contributed by atoms with Crippen molar-refractivity contribution in [1.82, 2.24) is 0 Å². The average molecular weight is 258 g/mol. The van der Waals surface area contributed by atoms with Crippen molar-refractivity contribution < 1.29 is 13.2 Å². The molecule has 1 heterocycles. The Labute approximate surface area is 106 Å². The minimum atomic E-state index is -0.545. The molecule has 0 spiro atoms. The first-order chi connectivity index (χ1) is 9.13. The molecule has 0 bridgehead atoms. The van der Waals surface area contributed by atoms with Crippen LogP contribution in [0.15, 0.2) is 57.7 Å². The molecule has 0 aliphatic rings. The van der Waals surface area contributed by atoms with Crippen molar-refractivity contribution >= 4 is 10.8 Å². The largest absolute Gasteiger partial charge is 0.422 e. The second kappa shape index (κ2) is 4.31. The Hall–Kier alpha value is -2.49. The van der Waals surface area contributed by atoms with Gasteiger partial charge in [-0.15, -0.1) is 0 Å². The Balaban J connectivity index is 2.25. The zero-order chi connectivity index (χ0) is 13.4. The van der Waals surface area contributed by atoms with Crippen molar-refractivity contribution in [1.29, 1.82) is 0 Å². The van der Waals surface area contributed by atoms with E-state index >= 15 is 0 Å². The molecule has 0 aliphatic carbocycles. The predicted molar refractivity (Wildman–Crippen MR) is 67.8 cm³/mol. The maximum Gasteiger partial charge on any atom is 0.344 e. The highest BCUT2D eigenvalue weighted by molar-refractivity contribution is 5.84. The van der Waals surface area contributed by atoms with Gasteiger partial charge in [-0.05, 0) is 53.9 Å². The number of benzene rings is 2. The Morgan fingerprint density at radius 3 is 2.26 bits per heavy atom. The standard InChI is InChI=1S/C15H8F2O2/c16-11-3-1-9(2-4-11)14-8-10-7-12(17)5-6-13(10)15(18)19-14/h1-8H. The van der Waals surface area contributed by atoms with E-state index in [0.29, 0.717) is 16.3 Å². The van der Waals surface area contributed by atoms with Crippen molar-refractivity contribution in [3.8, 4) is 11.3 Å². The minimum absolute atomic E-state index is 0.281. The third kappa shape index (κ3) is 2.12. The third-order valence-electron chi connectivity index (χ3n) is 2.85. The predicted octanol–water partition coefficient (Wildman–Crippen LogP) is 3.74. The molecule has 3 rings (SSSR count). The number of halogens is 2. The average Bonchev–Trinajstić information content (AvgIpc) is 2.38. The quantitative estimate of drug-likeness (QED) is 0.665. The van der Waals surface area contributed by atoms with Crippen LogP contribution in [0.2, 0.25) is 0 Å². The van der Waals surface area contributed by atoms with E-state index in [2.05, 4.69) is 0 Å². The summed E-state index contributed by atoms with van der Waals surface area (Å²) in [4.78, 5) is 11.8. The molecule has 94 valence electrons. The Bertz CT molecular complexity index is 804. The van der Waals surface area contributed by atoms with Crippen LogP contribution in [0.4, 0.5) is 8.78 Å². The van der Waals surface area contributed by atoms with Gasteiger partial charge in [-0.25, -0.2) is 13.6 Å². The van der Waals surface area contributed by atoms with Gasteiger partial charge in [0.15, 0.2) is 0 Å². The van der Waals surface area contributed by atoms with Crippen LogP contribution in [0.25, 0.3) is 22.1 Å². The van der Waals surface area contributed by atoms with Crippen molar-refractivity contribution in [2.75, 3.05) is 0 Å². The van der Waals surface area contributed by atoms with Crippen molar-refractivity contribution in [3.63, 3.8) is 0 Å². The lowest BCUT2D eigenvalue weighted by Crippen LogP contribution is -2.00. The SMILES string of the molecule is O=c1oc(-c2ccc(F)cc2)cc2cc(F)ccc12. The zero-order valence-corrected chi connectivity index (χ0v) is 9.69. The molecular formula is C15H8F2O2. The highest BCUT2D eigenvalue weighted by Gasteiger charge is 2.07. The molecule has 0 atom stereocenters. The molecule has 4 heteroatoms. The molecule has 0 saturated heterocycles. The van der Waals surface area contributed by atoms with Gasteiger partial charge >= 0.3 is 5.63 Å². The van der Waals surface area contributed by atoms with Crippen LogP contribution in [-0.2, 0) is 0 Å². The minimum Gasteiger partial charge on any atom is -0.422 e. The van der Waals surface area contributed by atoms with E-state index in [1.807, 2.05) is 0 Å². The molecule has 19 heavy (non-hydrogen) atoms. The molecule has 2 aromatic carbocycles. The lowest BCUT2D eigenvalue weighted by molar-refractivity contribution is 0.534. The van der Waals surface area contributed by atoms with E-state index in [9.17, 15) is 13.6 Å². The Kier molecular flexibility index (Phi) is 2.63. The van der Waals surface area contributed by atoms with Crippen LogP contribution in [0.5, 0.6) is 0 Å². The summed E-state index contributed by atoms with van der Waals surface area (Å²) in [5, 5.41) is 0.767. The summed E-state index contributed by atoms with van der Waals surface area (Å²) >= 11 is 0. The number of fused-ring (bicyclic) bond motifs is 1. The lowest BCUT2D eigenvalue weighted by atomic mass is 10.1. The van der Waals surface area contributed by atoms with Gasteiger partial charge in [0.2, 0.25) is 0 Å². The lowest BCUT2D eigenvalue weighted by Gasteiger charge is -2.02. The van der Waals surface area contributed by atoms with Crippen LogP contribution in [0, 0.1) is 11.6 Å². The molecule has 0 unspecified atom stereocenters. The summed E-state index contributed by atoms with van der Waals surface area (Å²) in [5.74, 6) is -0.524. The van der Waals surface area contributed by atoms with Gasteiger partial charge in [-0.1, -0.05) is 0 Å². The van der Waals surface area contributed by atoms with E-state index in [4.69, 9.17) is 4.42 Å². The maximum absolute atomic E-state index is 13.2. The molecule has 1 aromatic heterocycles. The molecule has 0 amide bonds. The van der Waals surface area contributed by atoms with Crippen molar-refractivity contribution in [2.45, 2.75) is 0 Å². The summed E-state index contributed by atoms with van der Waals surface area (Å²) in [6.45, 7) is 0. The summed E-state index contributed by atoms with van der Waals surface area (Å²) < 4.78 is 31.2. The topological polar surface area (TPSA) is 30.2 Å². The molecule has 0 N–H and O–H groups in total. The number of rotatable bonds is 1. The van der Waals surface area contributed by atoms with Crippen LogP contribution in [-0.4, -0.2) is 0 Å². The molecule has 3 aromatic rings. The first-order valence-electron chi connectivity index (χ1n) is 5.63. The van der Waals surface area contributed by atoms with Gasteiger partial charge in [0, 0.05) is 5.56 Å². The molecule has 2 nitrogen and oxygen atoms in total. The fraction of sp³-hybridized carbons (Fsp3) is 0. The zero-order valence-electron chi connectivity index (χ0n) is 9.69.